The predicted molar refractivity (Wildman–Crippen MR) is 148 cm³/mol. The van der Waals surface area contributed by atoms with Crippen molar-refractivity contribution in [1.29, 1.82) is 0 Å². The molecule has 206 valence electrons. The number of nitrogens with zero attached hydrogens (tertiary/aromatic N) is 7. The van der Waals surface area contributed by atoms with Gasteiger partial charge in [-0.25, -0.2) is 19.4 Å². The Kier molecular flexibility index (Phi) is 7.23. The fourth-order valence-corrected chi connectivity index (χ4v) is 5.16. The molecular formula is C28H30N8O4. The molecule has 1 aromatic carbocycles. The van der Waals surface area contributed by atoms with E-state index in [0.29, 0.717) is 43.5 Å². The van der Waals surface area contributed by atoms with Crippen LogP contribution in [0.2, 0.25) is 0 Å². The Morgan fingerprint density at radius 1 is 1.00 bits per heavy atom. The number of methoxy groups -OCH3 is 1. The van der Waals surface area contributed by atoms with Gasteiger partial charge in [-0.2, -0.15) is 5.10 Å². The van der Waals surface area contributed by atoms with E-state index in [9.17, 15) is 9.59 Å². The van der Waals surface area contributed by atoms with Gasteiger partial charge in [-0.15, -0.1) is 0 Å². The van der Waals surface area contributed by atoms with Gasteiger partial charge >= 0.3 is 6.09 Å². The number of likely N-dealkylation sites (tertiary alicyclic amines) is 1. The Balaban J connectivity index is 1.30. The first-order valence-corrected chi connectivity index (χ1v) is 13.3. The summed E-state index contributed by atoms with van der Waals surface area (Å²) in [4.78, 5) is 42.7. The van der Waals surface area contributed by atoms with Crippen LogP contribution < -0.4 is 10.2 Å². The van der Waals surface area contributed by atoms with E-state index in [1.165, 1.54) is 7.11 Å². The second-order valence-electron chi connectivity index (χ2n) is 9.73. The largest absolute Gasteiger partial charge is 0.453 e. The van der Waals surface area contributed by atoms with Crippen molar-refractivity contribution < 1.29 is 19.1 Å². The summed E-state index contributed by atoms with van der Waals surface area (Å²) >= 11 is 0. The maximum absolute atomic E-state index is 12.9. The predicted octanol–water partition coefficient (Wildman–Crippen LogP) is 3.38. The zero-order valence-corrected chi connectivity index (χ0v) is 22.2. The van der Waals surface area contributed by atoms with Crippen LogP contribution in [-0.4, -0.2) is 88.1 Å². The molecule has 2 aliphatic heterocycles. The van der Waals surface area contributed by atoms with Crippen LogP contribution in [0.3, 0.4) is 0 Å². The molecular weight excluding hydrogens is 512 g/mol. The molecule has 2 fully saturated rings. The fraction of sp³-hybridized carbons (Fsp3) is 0.357. The summed E-state index contributed by atoms with van der Waals surface area (Å²) in [6.45, 7) is 3.95. The van der Waals surface area contributed by atoms with Gasteiger partial charge in [-0.1, -0.05) is 6.07 Å². The van der Waals surface area contributed by atoms with Gasteiger partial charge < -0.3 is 19.3 Å². The third-order valence-electron chi connectivity index (χ3n) is 7.30. The Bertz CT molecular complexity index is 1490. The Labute approximate surface area is 230 Å². The molecule has 0 bridgehead atoms. The highest BCUT2D eigenvalue weighted by molar-refractivity contribution is 5.92. The number of pyridine rings is 1. The molecule has 1 N–H and O–H groups in total. The molecule has 2 aliphatic rings. The van der Waals surface area contributed by atoms with E-state index in [0.717, 1.165) is 48.3 Å². The molecule has 2 saturated heterocycles. The molecule has 0 atom stereocenters. The number of anilines is 2. The molecule has 0 aliphatic carbocycles. The Morgan fingerprint density at radius 3 is 2.48 bits per heavy atom. The summed E-state index contributed by atoms with van der Waals surface area (Å²) in [6, 6.07) is 12.8. The highest BCUT2D eigenvalue weighted by Gasteiger charge is 2.28. The zero-order valence-electron chi connectivity index (χ0n) is 22.2. The van der Waals surface area contributed by atoms with E-state index in [2.05, 4.69) is 19.9 Å². The summed E-state index contributed by atoms with van der Waals surface area (Å²) in [5.74, 6) is 1.35. The van der Waals surface area contributed by atoms with Gasteiger partial charge in [-0.3, -0.25) is 15.1 Å². The lowest BCUT2D eigenvalue weighted by molar-refractivity contribution is 0.0685. The third-order valence-corrected chi connectivity index (χ3v) is 7.30. The van der Waals surface area contributed by atoms with Crippen LogP contribution in [0.15, 0.2) is 54.9 Å². The summed E-state index contributed by atoms with van der Waals surface area (Å²) < 4.78 is 12.2. The summed E-state index contributed by atoms with van der Waals surface area (Å²) in [5.41, 5.74) is 2.65. The van der Waals surface area contributed by atoms with Gasteiger partial charge in [0.15, 0.2) is 11.5 Å². The maximum atomic E-state index is 12.9. The monoisotopic (exact) mass is 542 g/mol. The molecule has 0 saturated carbocycles. The molecule has 12 heteroatoms. The number of morpholine rings is 1. The van der Waals surface area contributed by atoms with Crippen LogP contribution in [0.5, 0.6) is 0 Å². The number of nitrogens with one attached hydrogen (secondary N) is 1. The molecule has 0 spiro atoms. The highest BCUT2D eigenvalue weighted by atomic mass is 16.5. The van der Waals surface area contributed by atoms with Crippen molar-refractivity contribution >= 4 is 34.5 Å². The number of carbonyl (C=O) groups excluding carboxylic acids is 2. The van der Waals surface area contributed by atoms with E-state index in [1.54, 1.807) is 30.5 Å². The second kappa shape index (κ2) is 11.3. The first-order valence-electron chi connectivity index (χ1n) is 13.3. The summed E-state index contributed by atoms with van der Waals surface area (Å²) in [5, 5.41) is 8.33. The topological polar surface area (TPSA) is 128 Å². The SMILES string of the molecule is COC(=O)Nc1ccc(-c2nc(N3CCOCC3)c3cnn(C4CCN(C(=O)c5ccccn5)CC4)c3n2)cc1. The lowest BCUT2D eigenvalue weighted by Gasteiger charge is -2.32. The lowest BCUT2D eigenvalue weighted by Crippen LogP contribution is -2.39. The number of rotatable bonds is 5. The van der Waals surface area contributed by atoms with Crippen LogP contribution in [0.25, 0.3) is 22.4 Å². The average molecular weight is 543 g/mol. The van der Waals surface area contributed by atoms with Gasteiger partial charge in [0.05, 0.1) is 37.9 Å². The summed E-state index contributed by atoms with van der Waals surface area (Å²) in [7, 11) is 1.32. The number of benzene rings is 1. The molecule has 2 amide bonds. The van der Waals surface area contributed by atoms with Crippen molar-refractivity contribution in [2.45, 2.75) is 18.9 Å². The zero-order chi connectivity index (χ0) is 27.5. The fourth-order valence-electron chi connectivity index (χ4n) is 5.16. The van der Waals surface area contributed by atoms with Crippen LogP contribution in [0, 0.1) is 0 Å². The molecule has 3 aromatic heterocycles. The first kappa shape index (κ1) is 25.7. The average Bonchev–Trinajstić information content (AvgIpc) is 3.45. The first-order chi connectivity index (χ1) is 19.6. The Morgan fingerprint density at radius 2 is 1.77 bits per heavy atom. The summed E-state index contributed by atoms with van der Waals surface area (Å²) in [6.07, 6.45) is 4.48. The molecule has 4 aromatic rings. The standard InChI is InChI=1S/C28H30N8O4/c1-39-28(38)31-20-7-5-19(6-8-20)24-32-25(34-14-16-40-17-15-34)22-18-30-36(26(22)33-24)21-9-12-35(13-10-21)27(37)23-4-2-3-11-29-23/h2-8,11,18,21H,9-10,12-17H2,1H3,(H,31,38). The van der Waals surface area contributed by atoms with Gasteiger partial charge in [0.1, 0.15) is 11.5 Å². The number of piperidine rings is 1. The van der Waals surface area contributed by atoms with Crippen LogP contribution >= 0.6 is 0 Å². The number of carbonyl (C=O) groups is 2. The molecule has 0 unspecified atom stereocenters. The minimum Gasteiger partial charge on any atom is -0.453 e. The number of hydrogen-bond acceptors (Lipinski definition) is 9. The van der Waals surface area contributed by atoms with Crippen molar-refractivity contribution in [3.63, 3.8) is 0 Å². The van der Waals surface area contributed by atoms with E-state index in [-0.39, 0.29) is 11.9 Å². The minimum atomic E-state index is -0.531. The third kappa shape index (κ3) is 5.17. The number of ether oxygens (including phenoxy) is 2. The van der Waals surface area contributed by atoms with Gasteiger partial charge in [0, 0.05) is 43.6 Å². The van der Waals surface area contributed by atoms with Gasteiger partial charge in [0.2, 0.25) is 0 Å². The number of hydrogen-bond donors (Lipinski definition) is 1. The van der Waals surface area contributed by atoms with E-state index < -0.39 is 6.09 Å². The molecule has 5 heterocycles. The van der Waals surface area contributed by atoms with Crippen molar-refractivity contribution in [3.05, 3.63) is 60.6 Å². The van der Waals surface area contributed by atoms with Crippen LogP contribution in [-0.2, 0) is 9.47 Å². The quantitative estimate of drug-likeness (QED) is 0.404. The normalized spacial score (nSPS) is 16.2. The number of amides is 2. The van der Waals surface area contributed by atoms with E-state index >= 15 is 0 Å². The lowest BCUT2D eigenvalue weighted by atomic mass is 10.0. The highest BCUT2D eigenvalue weighted by Crippen LogP contribution is 2.32. The maximum Gasteiger partial charge on any atom is 0.411 e. The smallest absolute Gasteiger partial charge is 0.411 e. The van der Waals surface area contributed by atoms with Gasteiger partial charge in [0.25, 0.3) is 5.91 Å². The van der Waals surface area contributed by atoms with Crippen molar-refractivity contribution in [3.8, 4) is 11.4 Å². The van der Waals surface area contributed by atoms with Gasteiger partial charge in [-0.05, 0) is 49.2 Å². The Hall–Kier alpha value is -4.58. The molecule has 0 radical (unpaired) electrons. The number of fused-ring (bicyclic) bond motifs is 1. The molecule has 40 heavy (non-hydrogen) atoms. The number of aromatic nitrogens is 5. The van der Waals surface area contributed by atoms with Crippen molar-refractivity contribution in [2.75, 3.05) is 56.7 Å². The molecule has 12 nitrogen and oxygen atoms in total. The van der Waals surface area contributed by atoms with Crippen LogP contribution in [0.4, 0.5) is 16.3 Å². The van der Waals surface area contributed by atoms with E-state index in [4.69, 9.17) is 19.8 Å². The van der Waals surface area contributed by atoms with Crippen LogP contribution in [0.1, 0.15) is 29.4 Å². The molecule has 6 rings (SSSR count). The van der Waals surface area contributed by atoms with Crippen molar-refractivity contribution in [2.24, 2.45) is 0 Å². The van der Waals surface area contributed by atoms with E-state index in [1.807, 2.05) is 34.0 Å². The van der Waals surface area contributed by atoms with Crippen molar-refractivity contribution in [1.82, 2.24) is 29.6 Å². The second-order valence-corrected chi connectivity index (χ2v) is 9.73. The minimum absolute atomic E-state index is 0.0475.